The molecule has 3 nitrogen and oxygen atoms in total. The molecule has 0 amide bonds. The van der Waals surface area contributed by atoms with Crippen LogP contribution in [-0.4, -0.2) is 37.7 Å². The van der Waals surface area contributed by atoms with Crippen molar-refractivity contribution in [2.24, 2.45) is 5.73 Å². The average molecular weight is 392 g/mol. The van der Waals surface area contributed by atoms with E-state index in [1.165, 1.54) is 5.56 Å². The van der Waals surface area contributed by atoms with Crippen LogP contribution in [0, 0.1) is 17.5 Å². The lowest BCUT2D eigenvalue weighted by molar-refractivity contribution is 0.201. The van der Waals surface area contributed by atoms with Crippen LogP contribution in [0.2, 0.25) is 0 Å². The molecule has 1 unspecified atom stereocenters. The molecule has 28 heavy (non-hydrogen) atoms. The molecule has 6 heteroatoms. The molecule has 0 spiro atoms. The van der Waals surface area contributed by atoms with Gasteiger partial charge in [0, 0.05) is 18.7 Å². The molecule has 0 radical (unpaired) electrons. The van der Waals surface area contributed by atoms with E-state index >= 15 is 0 Å². The average Bonchev–Trinajstić information content (AvgIpc) is 2.71. The van der Waals surface area contributed by atoms with Gasteiger partial charge in [0.2, 0.25) is 0 Å². The number of piperidine rings is 1. The molecule has 2 aromatic rings. The number of likely N-dealkylation sites (tertiary alicyclic amines) is 1. The molecule has 0 aromatic heterocycles. The number of hydrogen-bond donors (Lipinski definition) is 1. The van der Waals surface area contributed by atoms with Gasteiger partial charge in [-0.15, -0.1) is 0 Å². The lowest BCUT2D eigenvalue weighted by Crippen LogP contribution is -2.38. The number of methoxy groups -OCH3 is 1. The maximum atomic E-state index is 13.8. The van der Waals surface area contributed by atoms with Crippen molar-refractivity contribution < 1.29 is 17.9 Å². The summed E-state index contributed by atoms with van der Waals surface area (Å²) in [6, 6.07) is 9.39. The zero-order valence-corrected chi connectivity index (χ0v) is 16.1. The number of ether oxygens (including phenoxy) is 1. The fraction of sp³-hybridized carbons (Fsp3) is 0.455. The van der Waals surface area contributed by atoms with Gasteiger partial charge in [-0.05, 0) is 74.0 Å². The van der Waals surface area contributed by atoms with Crippen molar-refractivity contribution in [3.63, 3.8) is 0 Å². The SMILES string of the molecule is COc1ccc(C2CCCN(CC[C@H](N)Cc3cc(F)c(F)cc3F)C2)cc1. The maximum absolute atomic E-state index is 13.8. The van der Waals surface area contributed by atoms with Crippen LogP contribution < -0.4 is 10.5 Å². The second kappa shape index (κ2) is 9.43. The molecule has 1 heterocycles. The predicted octanol–water partition coefficient (Wildman–Crippen LogP) is 4.25. The molecule has 0 bridgehead atoms. The Morgan fingerprint density at radius 2 is 1.82 bits per heavy atom. The fourth-order valence-electron chi connectivity index (χ4n) is 3.86. The third-order valence-electron chi connectivity index (χ3n) is 5.48. The number of rotatable bonds is 7. The first-order chi connectivity index (χ1) is 13.5. The molecular weight excluding hydrogens is 365 g/mol. The Morgan fingerprint density at radius 1 is 1.11 bits per heavy atom. The Hall–Kier alpha value is -2.05. The van der Waals surface area contributed by atoms with Crippen LogP contribution in [0.5, 0.6) is 5.75 Å². The van der Waals surface area contributed by atoms with Crippen molar-refractivity contribution >= 4 is 0 Å². The summed E-state index contributed by atoms with van der Waals surface area (Å²) in [5.41, 5.74) is 7.56. The largest absolute Gasteiger partial charge is 0.497 e. The van der Waals surface area contributed by atoms with E-state index in [4.69, 9.17) is 10.5 Å². The standard InChI is InChI=1S/C22H27F3N2O/c1-28-19-6-4-15(5-7-19)16-3-2-9-27(14-16)10-8-18(26)11-17-12-21(24)22(25)13-20(17)23/h4-7,12-13,16,18H,2-3,8-11,14,26H2,1H3/t16?,18-/m0/s1. The Labute approximate surface area is 164 Å². The molecule has 2 aromatic carbocycles. The third-order valence-corrected chi connectivity index (χ3v) is 5.48. The van der Waals surface area contributed by atoms with Crippen LogP contribution >= 0.6 is 0 Å². The molecule has 0 saturated carbocycles. The van der Waals surface area contributed by atoms with Crippen LogP contribution in [0.25, 0.3) is 0 Å². The quantitative estimate of drug-likeness (QED) is 0.716. The minimum absolute atomic E-state index is 0.126. The molecule has 1 fully saturated rings. The minimum atomic E-state index is -1.17. The summed E-state index contributed by atoms with van der Waals surface area (Å²) in [6.07, 6.45) is 3.13. The third kappa shape index (κ3) is 5.26. The molecule has 1 aliphatic rings. The van der Waals surface area contributed by atoms with Crippen molar-refractivity contribution in [2.75, 3.05) is 26.7 Å². The van der Waals surface area contributed by atoms with Crippen molar-refractivity contribution in [1.29, 1.82) is 0 Å². The smallest absolute Gasteiger partial charge is 0.161 e. The zero-order valence-electron chi connectivity index (χ0n) is 16.1. The van der Waals surface area contributed by atoms with Crippen molar-refractivity contribution in [2.45, 2.75) is 37.6 Å². The van der Waals surface area contributed by atoms with Crippen molar-refractivity contribution in [3.8, 4) is 5.75 Å². The van der Waals surface area contributed by atoms with Gasteiger partial charge in [0.25, 0.3) is 0 Å². The highest BCUT2D eigenvalue weighted by atomic mass is 19.2. The first-order valence-electron chi connectivity index (χ1n) is 9.71. The van der Waals surface area contributed by atoms with Crippen molar-refractivity contribution in [1.82, 2.24) is 4.90 Å². The maximum Gasteiger partial charge on any atom is 0.161 e. The Kier molecular flexibility index (Phi) is 6.97. The van der Waals surface area contributed by atoms with Gasteiger partial charge in [-0.1, -0.05) is 12.1 Å². The number of nitrogens with zero attached hydrogens (tertiary/aromatic N) is 1. The zero-order chi connectivity index (χ0) is 20.1. The minimum Gasteiger partial charge on any atom is -0.497 e. The molecule has 1 saturated heterocycles. The first-order valence-corrected chi connectivity index (χ1v) is 9.71. The number of halogens is 3. The van der Waals surface area contributed by atoms with Crippen molar-refractivity contribution in [3.05, 3.63) is 65.0 Å². The summed E-state index contributed by atoms with van der Waals surface area (Å²) >= 11 is 0. The molecule has 3 rings (SSSR count). The van der Waals surface area contributed by atoms with Gasteiger partial charge in [-0.25, -0.2) is 13.2 Å². The molecule has 152 valence electrons. The summed E-state index contributed by atoms with van der Waals surface area (Å²) < 4.78 is 45.4. The van der Waals surface area contributed by atoms with Gasteiger partial charge >= 0.3 is 0 Å². The normalized spacial score (nSPS) is 18.8. The summed E-state index contributed by atoms with van der Waals surface area (Å²) in [4.78, 5) is 2.37. The molecule has 0 aliphatic carbocycles. The van der Waals surface area contributed by atoms with Crippen LogP contribution in [0.3, 0.4) is 0 Å². The molecule has 1 aliphatic heterocycles. The number of benzene rings is 2. The lowest BCUT2D eigenvalue weighted by Gasteiger charge is -2.33. The number of nitrogens with two attached hydrogens (primary N) is 1. The predicted molar refractivity (Wildman–Crippen MR) is 104 cm³/mol. The molecule has 2 N–H and O–H groups in total. The second-order valence-electron chi connectivity index (χ2n) is 7.52. The molecular formula is C22H27F3N2O. The van der Waals surface area contributed by atoms with E-state index in [0.717, 1.165) is 44.3 Å². The molecule has 2 atom stereocenters. The van der Waals surface area contributed by atoms with E-state index < -0.39 is 17.5 Å². The Bertz CT molecular complexity index is 782. The highest BCUT2D eigenvalue weighted by Gasteiger charge is 2.22. The monoisotopic (exact) mass is 392 g/mol. The Morgan fingerprint density at radius 3 is 2.54 bits per heavy atom. The summed E-state index contributed by atoms with van der Waals surface area (Å²) in [5.74, 6) is -1.63. The van der Waals surface area contributed by atoms with Gasteiger partial charge in [0.05, 0.1) is 7.11 Å². The fourth-order valence-corrected chi connectivity index (χ4v) is 3.86. The van der Waals surface area contributed by atoms with Gasteiger partial charge in [0.1, 0.15) is 11.6 Å². The van der Waals surface area contributed by atoms with Crippen LogP contribution in [0.1, 0.15) is 36.3 Å². The van der Waals surface area contributed by atoms with Gasteiger partial charge in [-0.3, -0.25) is 0 Å². The van der Waals surface area contributed by atoms with Gasteiger partial charge < -0.3 is 15.4 Å². The highest BCUT2D eigenvalue weighted by molar-refractivity contribution is 5.29. The lowest BCUT2D eigenvalue weighted by atomic mass is 9.90. The summed E-state index contributed by atoms with van der Waals surface area (Å²) in [7, 11) is 1.66. The second-order valence-corrected chi connectivity index (χ2v) is 7.52. The highest BCUT2D eigenvalue weighted by Crippen LogP contribution is 2.28. The van der Waals surface area contributed by atoms with E-state index in [0.29, 0.717) is 18.4 Å². The Balaban J connectivity index is 1.51. The van der Waals surface area contributed by atoms with E-state index in [1.54, 1.807) is 7.11 Å². The first kappa shape index (κ1) is 20.7. The van der Waals surface area contributed by atoms with Gasteiger partial charge in [0.15, 0.2) is 11.6 Å². The van der Waals surface area contributed by atoms with Crippen LogP contribution in [0.15, 0.2) is 36.4 Å². The number of hydrogen-bond acceptors (Lipinski definition) is 3. The topological polar surface area (TPSA) is 38.5 Å². The van der Waals surface area contributed by atoms with E-state index in [-0.39, 0.29) is 18.0 Å². The van der Waals surface area contributed by atoms with E-state index in [9.17, 15) is 13.2 Å². The summed E-state index contributed by atoms with van der Waals surface area (Å²) in [5, 5.41) is 0. The van der Waals surface area contributed by atoms with Crippen LogP contribution in [-0.2, 0) is 6.42 Å². The van der Waals surface area contributed by atoms with Crippen LogP contribution in [0.4, 0.5) is 13.2 Å². The van der Waals surface area contributed by atoms with Gasteiger partial charge in [-0.2, -0.15) is 0 Å². The summed E-state index contributed by atoms with van der Waals surface area (Å²) in [6.45, 7) is 2.77. The van der Waals surface area contributed by atoms with E-state index in [2.05, 4.69) is 17.0 Å². The van der Waals surface area contributed by atoms with E-state index in [1.807, 2.05) is 12.1 Å².